The maximum Gasteiger partial charge on any atom is 0.280 e. The zero-order valence-corrected chi connectivity index (χ0v) is 14.0. The summed E-state index contributed by atoms with van der Waals surface area (Å²) in [4.78, 5) is 22.2. The molecule has 0 aliphatic carbocycles. The largest absolute Gasteiger partial charge is 0.325 e. The highest BCUT2D eigenvalue weighted by Gasteiger charge is 2.28. The zero-order chi connectivity index (χ0) is 16.0. The van der Waals surface area contributed by atoms with Crippen molar-refractivity contribution in [3.63, 3.8) is 0 Å². The first-order valence-corrected chi connectivity index (χ1v) is 8.82. The molecule has 1 unspecified atom stereocenters. The molecule has 4 rings (SSSR count). The number of aryl methyl sites for hydroxylation is 2. The minimum absolute atomic E-state index is 0.0330. The van der Waals surface area contributed by atoms with E-state index in [1.165, 1.54) is 5.56 Å². The molecular weight excluding hydrogens is 308 g/mol. The molecule has 5 nitrogen and oxygen atoms in total. The first kappa shape index (κ1) is 14.5. The van der Waals surface area contributed by atoms with E-state index in [0.717, 1.165) is 29.6 Å². The van der Waals surface area contributed by atoms with Gasteiger partial charge in [-0.2, -0.15) is 0 Å². The molecule has 0 bridgehead atoms. The highest BCUT2D eigenvalue weighted by atomic mass is 32.2. The van der Waals surface area contributed by atoms with E-state index in [1.807, 2.05) is 41.3 Å². The fourth-order valence-electron chi connectivity index (χ4n) is 3.21. The van der Waals surface area contributed by atoms with Crippen molar-refractivity contribution in [1.82, 2.24) is 19.1 Å². The van der Waals surface area contributed by atoms with E-state index >= 15 is 0 Å². The van der Waals surface area contributed by atoms with Crippen LogP contribution in [0.2, 0.25) is 0 Å². The molecule has 0 spiro atoms. The van der Waals surface area contributed by atoms with Crippen LogP contribution in [0.25, 0.3) is 11.2 Å². The smallest absolute Gasteiger partial charge is 0.280 e. The molecule has 0 amide bonds. The van der Waals surface area contributed by atoms with E-state index in [1.54, 1.807) is 11.8 Å². The second-order valence-corrected chi connectivity index (χ2v) is 6.82. The lowest BCUT2D eigenvalue weighted by atomic mass is 10.1. The topological polar surface area (TPSA) is 52.7 Å². The molecule has 3 aromatic rings. The van der Waals surface area contributed by atoms with Crippen LogP contribution in [0.15, 0.2) is 40.3 Å². The normalized spacial score (nSPS) is 16.9. The first-order chi connectivity index (χ1) is 11.2. The SMILES string of the molecule is CCc1nc2nc3n(c(=O)c2n1C)C(Cc1ccccc1)CS3. The Balaban J connectivity index is 1.83. The number of benzene rings is 1. The van der Waals surface area contributed by atoms with Gasteiger partial charge in [0, 0.05) is 19.2 Å². The molecule has 2 aromatic heterocycles. The summed E-state index contributed by atoms with van der Waals surface area (Å²) in [6.45, 7) is 2.04. The number of hydrogen-bond donors (Lipinski definition) is 0. The van der Waals surface area contributed by atoms with Crippen molar-refractivity contribution in [1.29, 1.82) is 0 Å². The van der Waals surface area contributed by atoms with Crippen LogP contribution in [0.3, 0.4) is 0 Å². The van der Waals surface area contributed by atoms with Crippen molar-refractivity contribution in [2.75, 3.05) is 5.75 Å². The van der Waals surface area contributed by atoms with Crippen LogP contribution in [-0.4, -0.2) is 24.9 Å². The molecule has 1 atom stereocenters. The van der Waals surface area contributed by atoms with Gasteiger partial charge in [-0.05, 0) is 12.0 Å². The average molecular weight is 326 g/mol. The minimum atomic E-state index is 0.0330. The second kappa shape index (κ2) is 5.53. The van der Waals surface area contributed by atoms with Gasteiger partial charge in [0.25, 0.3) is 5.56 Å². The summed E-state index contributed by atoms with van der Waals surface area (Å²) in [5, 5.41) is 0.796. The predicted molar refractivity (Wildman–Crippen MR) is 92.1 cm³/mol. The van der Waals surface area contributed by atoms with Crippen LogP contribution in [-0.2, 0) is 19.9 Å². The summed E-state index contributed by atoms with van der Waals surface area (Å²) in [5.74, 6) is 1.78. The number of imidazole rings is 1. The minimum Gasteiger partial charge on any atom is -0.325 e. The van der Waals surface area contributed by atoms with Crippen LogP contribution in [0.4, 0.5) is 0 Å². The standard InChI is InChI=1S/C17H18N4OS/c1-3-13-18-15-14(20(13)2)16(22)21-12(10-23-17(21)19-15)9-11-7-5-4-6-8-11/h4-8,12H,3,9-10H2,1-2H3. The van der Waals surface area contributed by atoms with Gasteiger partial charge in [0.1, 0.15) is 5.82 Å². The molecule has 0 saturated carbocycles. The van der Waals surface area contributed by atoms with E-state index in [-0.39, 0.29) is 11.6 Å². The van der Waals surface area contributed by atoms with Gasteiger partial charge in [0.05, 0.1) is 6.04 Å². The summed E-state index contributed by atoms with van der Waals surface area (Å²) in [6, 6.07) is 10.5. The molecule has 23 heavy (non-hydrogen) atoms. The number of thioether (sulfide) groups is 1. The Morgan fingerprint density at radius 2 is 2.04 bits per heavy atom. The van der Waals surface area contributed by atoms with Crippen molar-refractivity contribution < 1.29 is 0 Å². The molecule has 1 aliphatic heterocycles. The quantitative estimate of drug-likeness (QED) is 0.694. The molecule has 1 aliphatic rings. The molecule has 1 aromatic carbocycles. The Morgan fingerprint density at radius 1 is 1.26 bits per heavy atom. The molecule has 118 valence electrons. The fraction of sp³-hybridized carbons (Fsp3) is 0.353. The van der Waals surface area contributed by atoms with E-state index in [2.05, 4.69) is 22.1 Å². The Bertz CT molecular complexity index is 929. The Morgan fingerprint density at radius 3 is 2.78 bits per heavy atom. The zero-order valence-electron chi connectivity index (χ0n) is 13.2. The Hall–Kier alpha value is -2.08. The van der Waals surface area contributed by atoms with Crippen LogP contribution in [0, 0.1) is 0 Å². The molecule has 0 saturated heterocycles. The maximum atomic E-state index is 13.0. The molecule has 3 heterocycles. The molecule has 0 N–H and O–H groups in total. The van der Waals surface area contributed by atoms with E-state index in [0.29, 0.717) is 11.2 Å². The van der Waals surface area contributed by atoms with Gasteiger partial charge < -0.3 is 4.57 Å². The Labute approximate surface area is 138 Å². The van der Waals surface area contributed by atoms with Crippen molar-refractivity contribution in [2.45, 2.75) is 31.0 Å². The van der Waals surface area contributed by atoms with Crippen molar-refractivity contribution in [3.8, 4) is 0 Å². The molecule has 0 fully saturated rings. The van der Waals surface area contributed by atoms with E-state index in [9.17, 15) is 4.79 Å². The number of fused-ring (bicyclic) bond motifs is 2. The van der Waals surface area contributed by atoms with Gasteiger partial charge in [-0.15, -0.1) is 0 Å². The van der Waals surface area contributed by atoms with Crippen molar-refractivity contribution in [3.05, 3.63) is 52.1 Å². The van der Waals surface area contributed by atoms with Crippen LogP contribution in [0.5, 0.6) is 0 Å². The van der Waals surface area contributed by atoms with Gasteiger partial charge in [0.2, 0.25) is 0 Å². The van der Waals surface area contributed by atoms with Gasteiger partial charge in [-0.3, -0.25) is 9.36 Å². The number of rotatable bonds is 3. The second-order valence-electron chi connectivity index (χ2n) is 5.84. The fourth-order valence-corrected chi connectivity index (χ4v) is 4.34. The highest BCUT2D eigenvalue weighted by Crippen LogP contribution is 2.33. The lowest BCUT2D eigenvalue weighted by Crippen LogP contribution is -2.27. The summed E-state index contributed by atoms with van der Waals surface area (Å²) in [5.41, 5.74) is 2.47. The number of hydrogen-bond acceptors (Lipinski definition) is 4. The first-order valence-electron chi connectivity index (χ1n) is 7.83. The monoisotopic (exact) mass is 326 g/mol. The van der Waals surface area contributed by atoms with Crippen molar-refractivity contribution >= 4 is 22.9 Å². The van der Waals surface area contributed by atoms with E-state index < -0.39 is 0 Å². The van der Waals surface area contributed by atoms with E-state index in [4.69, 9.17) is 0 Å². The molecular formula is C17H18N4OS. The third kappa shape index (κ3) is 2.28. The molecule has 6 heteroatoms. The summed E-state index contributed by atoms with van der Waals surface area (Å²) < 4.78 is 3.75. The van der Waals surface area contributed by atoms with Gasteiger partial charge in [0.15, 0.2) is 16.3 Å². The average Bonchev–Trinajstić information content (AvgIpc) is 3.10. The van der Waals surface area contributed by atoms with Crippen LogP contribution < -0.4 is 5.56 Å². The van der Waals surface area contributed by atoms with Crippen molar-refractivity contribution in [2.24, 2.45) is 7.05 Å². The Kier molecular flexibility index (Phi) is 3.49. The summed E-state index contributed by atoms with van der Waals surface area (Å²) in [6.07, 6.45) is 1.65. The van der Waals surface area contributed by atoms with Gasteiger partial charge >= 0.3 is 0 Å². The lowest BCUT2D eigenvalue weighted by Gasteiger charge is -2.13. The maximum absolute atomic E-state index is 13.0. The number of nitrogens with zero attached hydrogens (tertiary/aromatic N) is 4. The third-order valence-electron chi connectivity index (χ3n) is 4.40. The number of aromatic nitrogens is 4. The third-order valence-corrected chi connectivity index (χ3v) is 5.50. The van der Waals surface area contributed by atoms with Crippen LogP contribution in [0.1, 0.15) is 24.4 Å². The van der Waals surface area contributed by atoms with Crippen LogP contribution >= 0.6 is 11.8 Å². The summed E-state index contributed by atoms with van der Waals surface area (Å²) in [7, 11) is 1.90. The van der Waals surface area contributed by atoms with Gasteiger partial charge in [-0.25, -0.2) is 9.97 Å². The van der Waals surface area contributed by atoms with Gasteiger partial charge in [-0.1, -0.05) is 49.0 Å². The lowest BCUT2D eigenvalue weighted by molar-refractivity contribution is 0.506. The molecule has 0 radical (unpaired) electrons. The summed E-state index contributed by atoms with van der Waals surface area (Å²) >= 11 is 1.65. The highest BCUT2D eigenvalue weighted by molar-refractivity contribution is 7.99. The predicted octanol–water partition coefficient (Wildman–Crippen LogP) is 2.58.